The number of hydrogen-bond acceptors (Lipinski definition) is 3. The largest absolute Gasteiger partial charge is 0.417 e. The second kappa shape index (κ2) is 9.12. The average Bonchev–Trinajstić information content (AvgIpc) is 2.50. The van der Waals surface area contributed by atoms with Gasteiger partial charge in [-0.05, 0) is 54.8 Å². The molecule has 0 saturated carbocycles. The number of aryl methyl sites for hydroxylation is 2. The second-order valence-corrected chi connectivity index (χ2v) is 8.29. The number of halogens is 4. The number of anilines is 1. The average molecular weight is 527 g/mol. The Morgan fingerprint density at radius 1 is 1.11 bits per heavy atom. The van der Waals surface area contributed by atoms with Crippen molar-refractivity contribution in [1.29, 1.82) is 0 Å². The summed E-state index contributed by atoms with van der Waals surface area (Å²) in [4.78, 5) is 3.27. The molecule has 2 aromatic carbocycles. The third-order valence-corrected chi connectivity index (χ3v) is 4.83. The number of nitrogens with two attached hydrogens (primary N) is 1. The van der Waals surface area contributed by atoms with E-state index in [1.54, 1.807) is 0 Å². The molecule has 0 atom stereocenters. The van der Waals surface area contributed by atoms with Gasteiger partial charge in [-0.3, -0.25) is 0 Å². The predicted molar refractivity (Wildman–Crippen MR) is 115 cm³/mol. The van der Waals surface area contributed by atoms with Crippen LogP contribution in [0.2, 0.25) is 0 Å². The van der Waals surface area contributed by atoms with Crippen LogP contribution in [0.3, 0.4) is 0 Å². The van der Waals surface area contributed by atoms with Gasteiger partial charge in [-0.25, -0.2) is 13.4 Å². The molecule has 3 N–H and O–H groups in total. The lowest BCUT2D eigenvalue weighted by Crippen LogP contribution is -2.22. The molecular formula is C18H21F3IN3O2S. The first kappa shape index (κ1) is 24.2. The van der Waals surface area contributed by atoms with Crippen molar-refractivity contribution in [3.05, 3.63) is 58.7 Å². The molecule has 0 aliphatic carbocycles. The highest BCUT2D eigenvalue weighted by Gasteiger charge is 2.36. The standard InChI is InChI=1S/C18H20F3N3O2S.HI/c1-11-6-12(2)8-14(7-11)24-17(22)23-10-13-4-5-16(27(3,25)26)15(9-13)18(19,20)21;/h4-9H,10H2,1-3H3,(H3,22,23,24);1H. The summed E-state index contributed by atoms with van der Waals surface area (Å²) < 4.78 is 62.7. The topological polar surface area (TPSA) is 84.5 Å². The van der Waals surface area contributed by atoms with E-state index in [2.05, 4.69) is 10.3 Å². The molecule has 0 spiro atoms. The fourth-order valence-corrected chi connectivity index (χ4v) is 3.52. The highest BCUT2D eigenvalue weighted by Crippen LogP contribution is 2.35. The Bertz CT molecular complexity index is 970. The maximum atomic E-state index is 13.2. The Hall–Kier alpha value is -1.82. The zero-order chi connectivity index (χ0) is 20.4. The monoisotopic (exact) mass is 527 g/mol. The molecule has 2 rings (SSSR count). The summed E-state index contributed by atoms with van der Waals surface area (Å²) in [6.07, 6.45) is -4.05. The number of alkyl halides is 3. The van der Waals surface area contributed by atoms with Gasteiger partial charge >= 0.3 is 6.18 Å². The summed E-state index contributed by atoms with van der Waals surface area (Å²) in [7, 11) is -4.01. The van der Waals surface area contributed by atoms with Crippen molar-refractivity contribution >= 4 is 45.5 Å². The van der Waals surface area contributed by atoms with Crippen LogP contribution in [0.1, 0.15) is 22.3 Å². The molecule has 28 heavy (non-hydrogen) atoms. The van der Waals surface area contributed by atoms with Crippen molar-refractivity contribution in [1.82, 2.24) is 0 Å². The predicted octanol–water partition coefficient (Wildman–Crippen LogP) is 4.27. The minimum absolute atomic E-state index is 0. The SMILES string of the molecule is Cc1cc(C)cc(NC(N)=NCc2ccc(S(C)(=O)=O)c(C(F)(F)F)c2)c1.I. The Morgan fingerprint density at radius 2 is 1.68 bits per heavy atom. The molecule has 10 heteroatoms. The van der Waals surface area contributed by atoms with Crippen LogP contribution in [0.5, 0.6) is 0 Å². The van der Waals surface area contributed by atoms with E-state index in [0.717, 1.165) is 35.2 Å². The summed E-state index contributed by atoms with van der Waals surface area (Å²) >= 11 is 0. The van der Waals surface area contributed by atoms with Crippen LogP contribution >= 0.6 is 24.0 Å². The van der Waals surface area contributed by atoms with Gasteiger partial charge in [0.25, 0.3) is 0 Å². The zero-order valence-electron chi connectivity index (χ0n) is 15.5. The van der Waals surface area contributed by atoms with Gasteiger partial charge < -0.3 is 11.1 Å². The highest BCUT2D eigenvalue weighted by atomic mass is 127. The quantitative estimate of drug-likeness (QED) is 0.354. The van der Waals surface area contributed by atoms with Crippen molar-refractivity contribution in [2.45, 2.75) is 31.5 Å². The van der Waals surface area contributed by atoms with Gasteiger partial charge in [-0.2, -0.15) is 13.2 Å². The van der Waals surface area contributed by atoms with Crippen molar-refractivity contribution in [2.75, 3.05) is 11.6 Å². The van der Waals surface area contributed by atoms with Crippen LogP contribution in [0.4, 0.5) is 18.9 Å². The molecule has 0 aromatic heterocycles. The smallest absolute Gasteiger partial charge is 0.370 e. The van der Waals surface area contributed by atoms with Crippen LogP contribution in [0.15, 0.2) is 46.3 Å². The molecule has 0 unspecified atom stereocenters. The molecule has 0 amide bonds. The summed E-state index contributed by atoms with van der Waals surface area (Å²) in [5.74, 6) is 0.0424. The van der Waals surface area contributed by atoms with Crippen LogP contribution in [0, 0.1) is 13.8 Å². The van der Waals surface area contributed by atoms with Crippen LogP contribution < -0.4 is 11.1 Å². The summed E-state index contributed by atoms with van der Waals surface area (Å²) in [6, 6.07) is 8.72. The van der Waals surface area contributed by atoms with Gasteiger partial charge in [0.2, 0.25) is 0 Å². The molecule has 5 nitrogen and oxygen atoms in total. The minimum atomic E-state index is -4.79. The van der Waals surface area contributed by atoms with Crippen LogP contribution in [-0.2, 0) is 22.6 Å². The maximum Gasteiger partial charge on any atom is 0.417 e. The van der Waals surface area contributed by atoms with Gasteiger partial charge in [0.05, 0.1) is 17.0 Å². The third kappa shape index (κ3) is 6.66. The molecule has 154 valence electrons. The Kier molecular flexibility index (Phi) is 7.89. The number of nitrogens with one attached hydrogen (secondary N) is 1. The number of rotatable bonds is 4. The fourth-order valence-electron chi connectivity index (χ4n) is 2.63. The fraction of sp³-hybridized carbons (Fsp3) is 0.278. The molecule has 0 radical (unpaired) electrons. The van der Waals surface area contributed by atoms with Gasteiger partial charge in [-0.15, -0.1) is 24.0 Å². The first-order valence-electron chi connectivity index (χ1n) is 7.91. The zero-order valence-corrected chi connectivity index (χ0v) is 18.6. The van der Waals surface area contributed by atoms with Crippen molar-refractivity contribution in [3.63, 3.8) is 0 Å². The number of hydrogen-bond donors (Lipinski definition) is 2. The van der Waals surface area contributed by atoms with Gasteiger partial charge in [0.15, 0.2) is 15.8 Å². The van der Waals surface area contributed by atoms with Crippen molar-refractivity contribution in [2.24, 2.45) is 10.7 Å². The van der Waals surface area contributed by atoms with E-state index in [9.17, 15) is 21.6 Å². The van der Waals surface area contributed by atoms with E-state index in [1.807, 2.05) is 32.0 Å². The number of nitrogens with zero attached hydrogens (tertiary/aromatic N) is 1. The van der Waals surface area contributed by atoms with Crippen LogP contribution in [0.25, 0.3) is 0 Å². The third-order valence-electron chi connectivity index (χ3n) is 3.67. The van der Waals surface area contributed by atoms with Gasteiger partial charge in [-0.1, -0.05) is 12.1 Å². The molecule has 2 aromatic rings. The molecule has 0 fully saturated rings. The lowest BCUT2D eigenvalue weighted by Gasteiger charge is -2.13. The lowest BCUT2D eigenvalue weighted by atomic mass is 10.1. The molecule has 0 bridgehead atoms. The summed E-state index contributed by atoms with van der Waals surface area (Å²) in [5, 5.41) is 2.88. The number of benzene rings is 2. The maximum absolute atomic E-state index is 13.2. The van der Waals surface area contributed by atoms with E-state index in [0.29, 0.717) is 0 Å². The van der Waals surface area contributed by atoms with Crippen molar-refractivity contribution in [3.8, 4) is 0 Å². The normalized spacial score (nSPS) is 12.4. The first-order valence-corrected chi connectivity index (χ1v) is 9.81. The second-order valence-electron chi connectivity index (χ2n) is 6.30. The molecule has 0 heterocycles. The summed E-state index contributed by atoms with van der Waals surface area (Å²) in [5.41, 5.74) is 7.55. The number of sulfone groups is 1. The van der Waals surface area contributed by atoms with Gasteiger partial charge in [0, 0.05) is 11.9 Å². The minimum Gasteiger partial charge on any atom is -0.370 e. The van der Waals surface area contributed by atoms with E-state index in [-0.39, 0.29) is 42.0 Å². The van der Waals surface area contributed by atoms with Crippen molar-refractivity contribution < 1.29 is 21.6 Å². The van der Waals surface area contributed by atoms with E-state index < -0.39 is 26.5 Å². The molecule has 0 aliphatic rings. The molecule has 0 saturated heterocycles. The molecular weight excluding hydrogens is 506 g/mol. The number of guanidine groups is 1. The Balaban J connectivity index is 0.00000392. The van der Waals surface area contributed by atoms with E-state index in [1.165, 1.54) is 6.07 Å². The Morgan fingerprint density at radius 3 is 2.18 bits per heavy atom. The van der Waals surface area contributed by atoms with E-state index >= 15 is 0 Å². The van der Waals surface area contributed by atoms with Crippen LogP contribution in [-0.4, -0.2) is 20.6 Å². The highest BCUT2D eigenvalue weighted by molar-refractivity contribution is 14.0. The van der Waals surface area contributed by atoms with E-state index in [4.69, 9.17) is 5.73 Å². The Labute approximate surface area is 179 Å². The first-order chi connectivity index (χ1) is 12.4. The number of aliphatic imine (C=N–C) groups is 1. The summed E-state index contributed by atoms with van der Waals surface area (Å²) in [6.45, 7) is 3.72. The molecule has 0 aliphatic heterocycles. The lowest BCUT2D eigenvalue weighted by molar-refractivity contribution is -0.139. The van der Waals surface area contributed by atoms with Gasteiger partial charge in [0.1, 0.15) is 0 Å².